The Balaban J connectivity index is 2.59. The van der Waals surface area contributed by atoms with Gasteiger partial charge in [0.1, 0.15) is 6.04 Å². The molecule has 1 aliphatic rings. The second-order valence-electron chi connectivity index (χ2n) is 5.24. The number of nitrogens with one attached hydrogen (secondary N) is 1. The van der Waals surface area contributed by atoms with Crippen LogP contribution in [0.2, 0.25) is 0 Å². The third-order valence-corrected chi connectivity index (χ3v) is 3.72. The van der Waals surface area contributed by atoms with Crippen LogP contribution in [0.5, 0.6) is 0 Å². The number of carbonyl (C=O) groups is 3. The minimum atomic E-state index is -0.916. The van der Waals surface area contributed by atoms with E-state index in [0.29, 0.717) is 19.4 Å². The summed E-state index contributed by atoms with van der Waals surface area (Å²) < 4.78 is 4.72. The van der Waals surface area contributed by atoms with Crippen molar-refractivity contribution in [3.05, 3.63) is 0 Å². The fourth-order valence-corrected chi connectivity index (χ4v) is 2.53. The fourth-order valence-electron chi connectivity index (χ4n) is 2.53. The van der Waals surface area contributed by atoms with Gasteiger partial charge in [0, 0.05) is 13.1 Å². The maximum Gasteiger partial charge on any atom is 0.328 e. The monoisotopic (exact) mass is 300 g/mol. The highest BCUT2D eigenvalue weighted by molar-refractivity contribution is 5.84. The van der Waals surface area contributed by atoms with Crippen LogP contribution in [0, 0.1) is 5.92 Å². The molecule has 0 aromatic rings. The number of methoxy groups -OCH3 is 1. The third kappa shape index (κ3) is 4.91. The number of likely N-dealkylation sites (tertiary alicyclic amines) is 1. The Morgan fingerprint density at radius 3 is 2.67 bits per heavy atom. The van der Waals surface area contributed by atoms with Crippen LogP contribution < -0.4 is 5.32 Å². The summed E-state index contributed by atoms with van der Waals surface area (Å²) in [6.07, 6.45) is 3.53. The van der Waals surface area contributed by atoms with Crippen molar-refractivity contribution in [3.8, 4) is 0 Å². The van der Waals surface area contributed by atoms with Crippen LogP contribution in [-0.4, -0.2) is 54.2 Å². The number of hydrogen-bond donors (Lipinski definition) is 2. The van der Waals surface area contributed by atoms with Crippen molar-refractivity contribution in [1.29, 1.82) is 0 Å². The molecule has 7 heteroatoms. The van der Waals surface area contributed by atoms with Crippen LogP contribution >= 0.6 is 0 Å². The van der Waals surface area contributed by atoms with Gasteiger partial charge in [-0.3, -0.25) is 4.79 Å². The van der Waals surface area contributed by atoms with Crippen molar-refractivity contribution < 1.29 is 24.2 Å². The molecular formula is C14H24N2O5. The highest BCUT2D eigenvalue weighted by atomic mass is 16.5. The summed E-state index contributed by atoms with van der Waals surface area (Å²) in [5.74, 6) is -1.94. The van der Waals surface area contributed by atoms with E-state index < -0.39 is 29.9 Å². The van der Waals surface area contributed by atoms with Gasteiger partial charge in [0.25, 0.3) is 0 Å². The summed E-state index contributed by atoms with van der Waals surface area (Å²) in [5, 5.41) is 11.7. The standard InChI is InChI=1S/C14H24N2O5/c1-3-6-10(12(17)18)9-15-14(20)16-8-5-4-7-11(16)13(19)21-2/h10-11H,3-9H2,1-2H3,(H,15,20)(H,17,18). The van der Waals surface area contributed by atoms with Crippen LogP contribution in [0.25, 0.3) is 0 Å². The van der Waals surface area contributed by atoms with Crippen LogP contribution in [-0.2, 0) is 14.3 Å². The number of carboxylic acid groups (broad SMARTS) is 1. The number of carbonyl (C=O) groups excluding carboxylic acids is 2. The number of amides is 2. The molecule has 1 aliphatic heterocycles. The van der Waals surface area contributed by atoms with Crippen LogP contribution in [0.4, 0.5) is 4.79 Å². The highest BCUT2D eigenvalue weighted by Gasteiger charge is 2.33. The molecule has 0 aliphatic carbocycles. The van der Waals surface area contributed by atoms with Gasteiger partial charge in [-0.25, -0.2) is 9.59 Å². The predicted octanol–water partition coefficient (Wildman–Crippen LogP) is 1.22. The average Bonchev–Trinajstić information content (AvgIpc) is 2.50. The van der Waals surface area contributed by atoms with Gasteiger partial charge in [0.15, 0.2) is 0 Å². The minimum absolute atomic E-state index is 0.0758. The quantitative estimate of drug-likeness (QED) is 0.719. The lowest BCUT2D eigenvalue weighted by molar-refractivity contribution is -0.147. The van der Waals surface area contributed by atoms with Gasteiger partial charge in [-0.2, -0.15) is 0 Å². The van der Waals surface area contributed by atoms with Crippen molar-refractivity contribution >= 4 is 18.0 Å². The van der Waals surface area contributed by atoms with Crippen LogP contribution in [0.15, 0.2) is 0 Å². The summed E-state index contributed by atoms with van der Waals surface area (Å²) in [6, 6.07) is -0.967. The van der Waals surface area contributed by atoms with Gasteiger partial charge in [0.05, 0.1) is 13.0 Å². The number of rotatable bonds is 6. The van der Waals surface area contributed by atoms with E-state index in [0.717, 1.165) is 19.3 Å². The predicted molar refractivity (Wildman–Crippen MR) is 75.8 cm³/mol. The first kappa shape index (κ1) is 17.3. The molecule has 2 unspecified atom stereocenters. The van der Waals surface area contributed by atoms with E-state index in [1.807, 2.05) is 6.92 Å². The van der Waals surface area contributed by atoms with E-state index in [1.165, 1.54) is 12.0 Å². The molecule has 120 valence electrons. The van der Waals surface area contributed by atoms with Crippen molar-refractivity contribution in [2.45, 2.75) is 45.1 Å². The molecular weight excluding hydrogens is 276 g/mol. The number of carboxylic acids is 1. The second-order valence-corrected chi connectivity index (χ2v) is 5.24. The summed E-state index contributed by atoms with van der Waals surface area (Å²) in [5.41, 5.74) is 0. The topological polar surface area (TPSA) is 95.9 Å². The van der Waals surface area contributed by atoms with E-state index >= 15 is 0 Å². The average molecular weight is 300 g/mol. The van der Waals surface area contributed by atoms with Gasteiger partial charge in [-0.05, 0) is 25.7 Å². The smallest absolute Gasteiger partial charge is 0.328 e. The molecule has 0 bridgehead atoms. The molecule has 2 atom stereocenters. The first-order chi connectivity index (χ1) is 10.0. The number of ether oxygens (including phenoxy) is 1. The number of aliphatic carboxylic acids is 1. The van der Waals surface area contributed by atoms with Gasteiger partial charge in [0.2, 0.25) is 0 Å². The zero-order valence-electron chi connectivity index (χ0n) is 12.6. The lowest BCUT2D eigenvalue weighted by Crippen LogP contribution is -2.53. The molecule has 1 rings (SSSR count). The van der Waals surface area contributed by atoms with E-state index in [1.54, 1.807) is 0 Å². The molecule has 1 fully saturated rings. The number of urea groups is 1. The van der Waals surface area contributed by atoms with Gasteiger partial charge >= 0.3 is 18.0 Å². The van der Waals surface area contributed by atoms with E-state index in [4.69, 9.17) is 9.84 Å². The van der Waals surface area contributed by atoms with Crippen molar-refractivity contribution in [2.75, 3.05) is 20.2 Å². The lowest BCUT2D eigenvalue weighted by Gasteiger charge is -2.33. The molecule has 0 saturated carbocycles. The fraction of sp³-hybridized carbons (Fsp3) is 0.786. The third-order valence-electron chi connectivity index (χ3n) is 3.72. The maximum absolute atomic E-state index is 12.2. The Labute approximate surface area is 124 Å². The van der Waals surface area contributed by atoms with Crippen molar-refractivity contribution in [1.82, 2.24) is 10.2 Å². The Kier molecular flexibility index (Phi) is 6.98. The van der Waals surface area contributed by atoms with Crippen molar-refractivity contribution in [2.24, 2.45) is 5.92 Å². The second kappa shape index (κ2) is 8.49. The maximum atomic E-state index is 12.2. The number of hydrogen-bond acceptors (Lipinski definition) is 4. The Hall–Kier alpha value is -1.79. The SMILES string of the molecule is CCCC(CNC(=O)N1CCCCC1C(=O)OC)C(=O)O. The highest BCUT2D eigenvalue weighted by Crippen LogP contribution is 2.18. The summed E-state index contributed by atoms with van der Waals surface area (Å²) in [4.78, 5) is 36.4. The molecule has 2 N–H and O–H groups in total. The van der Waals surface area contributed by atoms with Gasteiger partial charge in [-0.1, -0.05) is 13.3 Å². The molecule has 2 amide bonds. The van der Waals surface area contributed by atoms with Crippen LogP contribution in [0.1, 0.15) is 39.0 Å². The van der Waals surface area contributed by atoms with E-state index in [9.17, 15) is 14.4 Å². The Morgan fingerprint density at radius 1 is 1.38 bits per heavy atom. The van der Waals surface area contributed by atoms with Crippen molar-refractivity contribution in [3.63, 3.8) is 0 Å². The lowest BCUT2D eigenvalue weighted by atomic mass is 10.0. The van der Waals surface area contributed by atoms with Gasteiger partial charge < -0.3 is 20.1 Å². The summed E-state index contributed by atoms with van der Waals surface area (Å²) in [6.45, 7) is 2.46. The molecule has 1 saturated heterocycles. The van der Waals surface area contributed by atoms with Gasteiger partial charge in [-0.15, -0.1) is 0 Å². The number of nitrogens with zero attached hydrogens (tertiary/aromatic N) is 1. The van der Waals surface area contributed by atoms with E-state index in [-0.39, 0.29) is 6.54 Å². The summed E-state index contributed by atoms with van der Waals surface area (Å²) in [7, 11) is 1.30. The summed E-state index contributed by atoms with van der Waals surface area (Å²) >= 11 is 0. The Bertz CT molecular complexity index is 386. The molecule has 0 spiro atoms. The first-order valence-electron chi connectivity index (χ1n) is 7.36. The molecule has 0 aromatic heterocycles. The molecule has 0 aromatic carbocycles. The molecule has 0 radical (unpaired) electrons. The first-order valence-corrected chi connectivity index (χ1v) is 7.36. The molecule has 7 nitrogen and oxygen atoms in total. The number of esters is 1. The zero-order valence-corrected chi connectivity index (χ0v) is 12.6. The zero-order chi connectivity index (χ0) is 15.8. The normalized spacial score (nSPS) is 19.7. The number of piperidine rings is 1. The van der Waals surface area contributed by atoms with E-state index in [2.05, 4.69) is 5.32 Å². The largest absolute Gasteiger partial charge is 0.481 e. The minimum Gasteiger partial charge on any atom is -0.481 e. The Morgan fingerprint density at radius 2 is 2.10 bits per heavy atom. The molecule has 1 heterocycles. The molecule has 21 heavy (non-hydrogen) atoms. The van der Waals surface area contributed by atoms with Crippen LogP contribution in [0.3, 0.4) is 0 Å².